The number of carbonyl (C=O) groups is 2. The van der Waals surface area contributed by atoms with Crippen LogP contribution in [0.3, 0.4) is 0 Å². The second-order valence-corrected chi connectivity index (χ2v) is 9.01. The quantitative estimate of drug-likeness (QED) is 0.268. The van der Waals surface area contributed by atoms with Gasteiger partial charge in [-0.05, 0) is 49.7 Å². The highest BCUT2D eigenvalue weighted by atomic mass is 16.5. The molecule has 3 aromatic carbocycles. The van der Waals surface area contributed by atoms with Gasteiger partial charge in [0, 0.05) is 23.9 Å². The smallest absolute Gasteiger partial charge is 0.322 e. The van der Waals surface area contributed by atoms with Crippen LogP contribution in [0.4, 0.5) is 16.3 Å². The zero-order valence-corrected chi connectivity index (χ0v) is 22.0. The number of carbonyl (C=O) groups excluding carboxylic acids is 2. The number of unbranched alkanes of at least 4 members (excludes halogenated alkanes) is 1. The van der Waals surface area contributed by atoms with Crippen molar-refractivity contribution >= 4 is 23.4 Å². The van der Waals surface area contributed by atoms with Crippen LogP contribution in [-0.2, 0) is 4.79 Å². The fraction of sp³-hybridized carbons (Fsp3) is 0.233. The van der Waals surface area contributed by atoms with E-state index in [1.807, 2.05) is 91.9 Å². The summed E-state index contributed by atoms with van der Waals surface area (Å²) in [6.07, 6.45) is 1.69. The minimum absolute atomic E-state index is 0.0911. The monoisotopic (exact) mass is 511 g/mol. The highest BCUT2D eigenvalue weighted by molar-refractivity contribution is 5.97. The molecule has 0 atom stereocenters. The van der Waals surface area contributed by atoms with Crippen LogP contribution in [0.25, 0.3) is 16.9 Å². The molecule has 0 bridgehead atoms. The summed E-state index contributed by atoms with van der Waals surface area (Å²) in [5.41, 5.74) is 4.21. The van der Waals surface area contributed by atoms with Gasteiger partial charge in [-0.1, -0.05) is 61.4 Å². The molecule has 0 fully saturated rings. The Hall–Kier alpha value is -4.59. The van der Waals surface area contributed by atoms with Gasteiger partial charge in [-0.2, -0.15) is 5.10 Å². The summed E-state index contributed by atoms with van der Waals surface area (Å²) in [7, 11) is 1.61. The molecule has 8 nitrogen and oxygen atoms in total. The number of amides is 3. The number of hydrogen-bond acceptors (Lipinski definition) is 4. The number of urea groups is 1. The third-order valence-corrected chi connectivity index (χ3v) is 6.07. The summed E-state index contributed by atoms with van der Waals surface area (Å²) in [5, 5.41) is 10.6. The molecule has 0 aliphatic heterocycles. The molecule has 38 heavy (non-hydrogen) atoms. The van der Waals surface area contributed by atoms with Crippen molar-refractivity contribution in [1.29, 1.82) is 0 Å². The molecule has 1 aromatic heterocycles. The van der Waals surface area contributed by atoms with E-state index in [2.05, 4.69) is 17.6 Å². The number of hydrogen-bond donors (Lipinski definition) is 2. The highest BCUT2D eigenvalue weighted by Crippen LogP contribution is 2.26. The van der Waals surface area contributed by atoms with Crippen LogP contribution in [0.2, 0.25) is 0 Å². The van der Waals surface area contributed by atoms with E-state index in [0.29, 0.717) is 18.1 Å². The predicted molar refractivity (Wildman–Crippen MR) is 151 cm³/mol. The molecule has 0 radical (unpaired) electrons. The topological polar surface area (TPSA) is 88.5 Å². The first-order valence-corrected chi connectivity index (χ1v) is 12.7. The number of benzene rings is 3. The number of nitrogens with one attached hydrogen (secondary N) is 2. The Kier molecular flexibility index (Phi) is 8.77. The van der Waals surface area contributed by atoms with Gasteiger partial charge in [-0.25, -0.2) is 9.48 Å². The number of aryl methyl sites for hydroxylation is 1. The lowest BCUT2D eigenvalue weighted by Crippen LogP contribution is -2.41. The molecule has 2 N–H and O–H groups in total. The van der Waals surface area contributed by atoms with E-state index in [0.717, 1.165) is 41.1 Å². The number of ether oxygens (including phenoxy) is 1. The average molecular weight is 512 g/mol. The minimum atomic E-state index is -0.314. The van der Waals surface area contributed by atoms with Crippen molar-refractivity contribution < 1.29 is 14.3 Å². The first-order chi connectivity index (χ1) is 18.5. The Bertz CT molecular complexity index is 1350. The van der Waals surface area contributed by atoms with Crippen LogP contribution < -0.4 is 15.4 Å². The summed E-state index contributed by atoms with van der Waals surface area (Å²) in [4.78, 5) is 27.8. The molecule has 0 saturated heterocycles. The van der Waals surface area contributed by atoms with Crippen LogP contribution >= 0.6 is 0 Å². The van der Waals surface area contributed by atoms with E-state index in [9.17, 15) is 9.59 Å². The Labute approximate surface area is 223 Å². The van der Waals surface area contributed by atoms with Gasteiger partial charge >= 0.3 is 6.03 Å². The summed E-state index contributed by atoms with van der Waals surface area (Å²) < 4.78 is 6.96. The number of rotatable bonds is 10. The van der Waals surface area contributed by atoms with Gasteiger partial charge in [0.1, 0.15) is 18.1 Å². The molecule has 0 aliphatic rings. The molecule has 196 valence electrons. The summed E-state index contributed by atoms with van der Waals surface area (Å²) in [6, 6.07) is 26.3. The fourth-order valence-electron chi connectivity index (χ4n) is 3.94. The van der Waals surface area contributed by atoms with Gasteiger partial charge in [-0.3, -0.25) is 4.79 Å². The van der Waals surface area contributed by atoms with Gasteiger partial charge in [0.25, 0.3) is 0 Å². The van der Waals surface area contributed by atoms with Crippen molar-refractivity contribution in [2.75, 3.05) is 30.8 Å². The van der Waals surface area contributed by atoms with Gasteiger partial charge in [0.2, 0.25) is 5.91 Å². The molecule has 0 aliphatic carbocycles. The van der Waals surface area contributed by atoms with Crippen LogP contribution in [-0.4, -0.2) is 46.8 Å². The third kappa shape index (κ3) is 6.79. The van der Waals surface area contributed by atoms with E-state index in [4.69, 9.17) is 9.84 Å². The lowest BCUT2D eigenvalue weighted by atomic mass is 10.1. The number of nitrogens with zero attached hydrogens (tertiary/aromatic N) is 3. The van der Waals surface area contributed by atoms with Crippen molar-refractivity contribution in [2.24, 2.45) is 0 Å². The van der Waals surface area contributed by atoms with Crippen molar-refractivity contribution in [3.05, 3.63) is 90.5 Å². The molecule has 0 spiro atoms. The first-order valence-electron chi connectivity index (χ1n) is 12.7. The van der Waals surface area contributed by atoms with E-state index >= 15 is 0 Å². The molecular formula is C30H33N5O3. The Balaban J connectivity index is 1.55. The Morgan fingerprint density at radius 3 is 2.32 bits per heavy atom. The summed E-state index contributed by atoms with van der Waals surface area (Å²) in [5.74, 6) is 0.920. The molecule has 3 amide bonds. The van der Waals surface area contributed by atoms with Crippen LogP contribution in [0.1, 0.15) is 25.3 Å². The van der Waals surface area contributed by atoms with Crippen molar-refractivity contribution in [3.8, 4) is 22.7 Å². The second-order valence-electron chi connectivity index (χ2n) is 9.01. The van der Waals surface area contributed by atoms with Crippen LogP contribution in [0.15, 0.2) is 84.9 Å². The average Bonchev–Trinajstić information content (AvgIpc) is 3.36. The normalized spacial score (nSPS) is 10.6. The van der Waals surface area contributed by atoms with Gasteiger partial charge in [-0.15, -0.1) is 0 Å². The molecular weight excluding hydrogens is 478 g/mol. The lowest BCUT2D eigenvalue weighted by Gasteiger charge is -2.22. The third-order valence-electron chi connectivity index (χ3n) is 6.07. The zero-order chi connectivity index (χ0) is 26.9. The first kappa shape index (κ1) is 26.5. The largest absolute Gasteiger partial charge is 0.497 e. The number of methoxy groups -OCH3 is 1. The molecule has 1 heterocycles. The van der Waals surface area contributed by atoms with E-state index in [-0.39, 0.29) is 18.5 Å². The molecule has 4 aromatic rings. The van der Waals surface area contributed by atoms with Crippen molar-refractivity contribution in [3.63, 3.8) is 0 Å². The fourth-order valence-corrected chi connectivity index (χ4v) is 3.94. The van der Waals surface area contributed by atoms with Crippen LogP contribution in [0.5, 0.6) is 5.75 Å². The van der Waals surface area contributed by atoms with Crippen molar-refractivity contribution in [2.45, 2.75) is 26.7 Å². The standard InChI is InChI=1S/C30H33N5O3/c1-4-5-19-34(30(37)31-24-13-11-22(2)12-14-24)21-29(36)32-28-20-27(23-9-7-6-8-10-23)33-35(28)25-15-17-26(38-3)18-16-25/h6-18,20H,4-5,19,21H2,1-3H3,(H,31,37)(H,32,36). The van der Waals surface area contributed by atoms with E-state index in [1.165, 1.54) is 4.90 Å². The summed E-state index contributed by atoms with van der Waals surface area (Å²) in [6.45, 7) is 4.42. The Morgan fingerprint density at radius 2 is 1.66 bits per heavy atom. The predicted octanol–water partition coefficient (Wildman–Crippen LogP) is 6.13. The van der Waals surface area contributed by atoms with Gasteiger partial charge in [0.05, 0.1) is 18.5 Å². The minimum Gasteiger partial charge on any atom is -0.497 e. The van der Waals surface area contributed by atoms with Crippen molar-refractivity contribution in [1.82, 2.24) is 14.7 Å². The SMILES string of the molecule is CCCCN(CC(=O)Nc1cc(-c2ccccc2)nn1-c1ccc(OC)cc1)C(=O)Nc1ccc(C)cc1. The second kappa shape index (κ2) is 12.6. The van der Waals surface area contributed by atoms with Gasteiger partial charge in [0.15, 0.2) is 0 Å². The van der Waals surface area contributed by atoms with E-state index < -0.39 is 0 Å². The maximum Gasteiger partial charge on any atom is 0.322 e. The summed E-state index contributed by atoms with van der Waals surface area (Å²) >= 11 is 0. The van der Waals surface area contributed by atoms with Gasteiger partial charge < -0.3 is 20.3 Å². The zero-order valence-electron chi connectivity index (χ0n) is 22.0. The van der Waals surface area contributed by atoms with Crippen LogP contribution in [0, 0.1) is 6.92 Å². The Morgan fingerprint density at radius 1 is 0.947 bits per heavy atom. The van der Waals surface area contributed by atoms with E-state index in [1.54, 1.807) is 11.8 Å². The highest BCUT2D eigenvalue weighted by Gasteiger charge is 2.20. The maximum atomic E-state index is 13.2. The lowest BCUT2D eigenvalue weighted by molar-refractivity contribution is -0.116. The maximum absolute atomic E-state index is 13.2. The molecule has 4 rings (SSSR count). The number of anilines is 2. The molecule has 8 heteroatoms. The number of aromatic nitrogens is 2. The molecule has 0 saturated carbocycles. The molecule has 0 unspecified atom stereocenters.